The monoisotopic (exact) mass is 890 g/mol. The van der Waals surface area contributed by atoms with Gasteiger partial charge in [0.1, 0.15) is 22.5 Å². The zero-order valence-corrected chi connectivity index (χ0v) is 38.5. The molecule has 0 spiro atoms. The number of sulfonamides is 1. The van der Waals surface area contributed by atoms with Gasteiger partial charge in [-0.25, -0.2) is 13.4 Å². The number of rotatable bonds is 16. The van der Waals surface area contributed by atoms with Gasteiger partial charge in [-0.1, -0.05) is 51.8 Å². The van der Waals surface area contributed by atoms with Crippen LogP contribution < -0.4 is 30.7 Å². The number of nitrogens with two attached hydrogens (primary N) is 1. The normalized spacial score (nSPS) is 18.6. The largest absolute Gasteiger partial charge is 0.497 e. The fourth-order valence-electron chi connectivity index (χ4n) is 7.11. The predicted octanol–water partition coefficient (Wildman–Crippen LogP) is 7.43. The minimum atomic E-state index is -3.47. The smallest absolute Gasteiger partial charge is 0.242 e. The fourth-order valence-corrected chi connectivity index (χ4v) is 9.37. The topological polar surface area (TPSA) is 203 Å². The summed E-state index contributed by atoms with van der Waals surface area (Å²) >= 11 is 1.55. The van der Waals surface area contributed by atoms with Crippen molar-refractivity contribution in [2.24, 2.45) is 17.6 Å². The number of pyridine rings is 1. The summed E-state index contributed by atoms with van der Waals surface area (Å²) in [6, 6.07) is 12.1. The summed E-state index contributed by atoms with van der Waals surface area (Å²) in [4.78, 5) is 57.2. The molecule has 4 aromatic rings. The quantitative estimate of drug-likeness (QED) is 0.0647. The Balaban J connectivity index is 0.000000176. The summed E-state index contributed by atoms with van der Waals surface area (Å²) in [5, 5.41) is 6.58. The van der Waals surface area contributed by atoms with E-state index in [-0.39, 0.29) is 35.6 Å². The van der Waals surface area contributed by atoms with Crippen molar-refractivity contribution in [3.05, 3.63) is 81.5 Å². The lowest BCUT2D eigenvalue weighted by Gasteiger charge is -2.22. The van der Waals surface area contributed by atoms with Crippen LogP contribution in [0.15, 0.2) is 64.8 Å². The zero-order chi connectivity index (χ0) is 45.2. The van der Waals surface area contributed by atoms with Gasteiger partial charge in [0.05, 0.1) is 42.4 Å². The van der Waals surface area contributed by atoms with Crippen molar-refractivity contribution >= 4 is 55.7 Å². The second-order valence-corrected chi connectivity index (χ2v) is 19.7. The van der Waals surface area contributed by atoms with Crippen molar-refractivity contribution in [3.8, 4) is 22.2 Å². The molecule has 14 nitrogen and oxygen atoms in total. The molecule has 2 aromatic heterocycles. The second-order valence-electron chi connectivity index (χ2n) is 16.7. The molecule has 3 fully saturated rings. The molecule has 3 atom stereocenters. The molecular formula is C46H62N6O8S2. The molecule has 3 aliphatic rings. The minimum absolute atomic E-state index is 0.00389. The number of fused-ring (bicyclic) bond motifs is 1. The summed E-state index contributed by atoms with van der Waals surface area (Å²) in [6.45, 7) is 10.8. The molecule has 1 saturated heterocycles. The number of allylic oxidation sites excluding steroid dienone is 2. The second kappa shape index (κ2) is 21.2. The van der Waals surface area contributed by atoms with Crippen molar-refractivity contribution in [3.63, 3.8) is 0 Å². The number of amides is 3. The number of nitrogens with zero attached hydrogens (tertiary/aromatic N) is 2. The molecule has 0 bridgehead atoms. The summed E-state index contributed by atoms with van der Waals surface area (Å²) in [6.07, 6.45) is 12.4. The van der Waals surface area contributed by atoms with Crippen LogP contribution in [0.1, 0.15) is 103 Å². The number of hydrogen-bond donors (Lipinski definition) is 4. The van der Waals surface area contributed by atoms with Gasteiger partial charge in [-0.05, 0) is 94.9 Å². The molecule has 3 heterocycles. The number of primary amides is 1. The molecule has 3 amide bonds. The van der Waals surface area contributed by atoms with E-state index in [4.69, 9.17) is 15.2 Å². The first-order valence-electron chi connectivity index (χ1n) is 21.4. The van der Waals surface area contributed by atoms with E-state index in [9.17, 15) is 27.6 Å². The van der Waals surface area contributed by atoms with Crippen LogP contribution >= 0.6 is 11.3 Å². The van der Waals surface area contributed by atoms with Crippen LogP contribution in [0.4, 0.5) is 5.69 Å². The Morgan fingerprint density at radius 3 is 2.52 bits per heavy atom. The minimum Gasteiger partial charge on any atom is -0.497 e. The number of aromatic nitrogens is 2. The predicted molar refractivity (Wildman–Crippen MR) is 246 cm³/mol. The average Bonchev–Trinajstić information content (AvgIpc) is 4.06. The Hall–Kier alpha value is -5.22. The van der Waals surface area contributed by atoms with Crippen LogP contribution in [0.3, 0.4) is 0 Å². The van der Waals surface area contributed by atoms with Crippen molar-refractivity contribution in [2.45, 2.75) is 109 Å². The molecule has 2 unspecified atom stereocenters. The van der Waals surface area contributed by atoms with Gasteiger partial charge in [0.2, 0.25) is 27.7 Å². The number of ether oxygens (including phenoxy) is 2. The molecule has 2 saturated carbocycles. The number of aromatic amines is 1. The van der Waals surface area contributed by atoms with Crippen molar-refractivity contribution in [1.29, 1.82) is 0 Å². The number of aryl methyl sites for hydroxylation is 1. The highest BCUT2D eigenvalue weighted by molar-refractivity contribution is 7.91. The Morgan fingerprint density at radius 2 is 1.87 bits per heavy atom. The van der Waals surface area contributed by atoms with Gasteiger partial charge < -0.3 is 30.4 Å². The van der Waals surface area contributed by atoms with Crippen molar-refractivity contribution in [2.75, 3.05) is 32.6 Å². The Labute approximate surface area is 369 Å². The number of hydrogen-bond acceptors (Lipinski definition) is 11. The third kappa shape index (κ3) is 12.2. The van der Waals surface area contributed by atoms with Gasteiger partial charge in [-0.2, -0.15) is 0 Å². The third-order valence-corrected chi connectivity index (χ3v) is 14.6. The number of methoxy groups -OCH3 is 2. The molecule has 5 N–H and O–H groups in total. The van der Waals surface area contributed by atoms with Crippen LogP contribution in [0.5, 0.6) is 11.5 Å². The van der Waals surface area contributed by atoms with Gasteiger partial charge in [0.25, 0.3) is 0 Å². The van der Waals surface area contributed by atoms with Crippen molar-refractivity contribution < 1.29 is 32.3 Å². The van der Waals surface area contributed by atoms with Crippen LogP contribution in [0, 0.1) is 18.8 Å². The summed E-state index contributed by atoms with van der Waals surface area (Å²) in [5.41, 5.74) is 9.63. The van der Waals surface area contributed by atoms with E-state index < -0.39 is 26.7 Å². The van der Waals surface area contributed by atoms with Crippen molar-refractivity contribution in [1.82, 2.24) is 19.6 Å². The number of nitrogens with one attached hydrogen (secondary N) is 3. The fraction of sp³-hybridized carbons (Fsp3) is 0.500. The van der Waals surface area contributed by atoms with Gasteiger partial charge in [-0.15, -0.1) is 11.3 Å². The summed E-state index contributed by atoms with van der Waals surface area (Å²) < 4.78 is 35.9. The van der Waals surface area contributed by atoms with E-state index in [1.165, 1.54) is 19.3 Å². The average molecular weight is 891 g/mol. The van der Waals surface area contributed by atoms with E-state index in [0.29, 0.717) is 37.1 Å². The number of likely N-dealkylation sites (tertiary alicyclic amines) is 1. The maximum atomic E-state index is 12.4. The molecule has 2 aliphatic carbocycles. The Kier molecular flexibility index (Phi) is 16.4. The molecule has 336 valence electrons. The lowest BCUT2D eigenvalue weighted by molar-refractivity contribution is -0.135. The summed E-state index contributed by atoms with van der Waals surface area (Å²) in [5.74, 6) is 1.08. The summed E-state index contributed by atoms with van der Waals surface area (Å²) in [7, 11) is -0.250. The van der Waals surface area contributed by atoms with Crippen LogP contribution in [0.25, 0.3) is 21.6 Å². The number of thiazole rings is 1. The van der Waals surface area contributed by atoms with Gasteiger partial charge in [0.15, 0.2) is 5.43 Å². The zero-order valence-electron chi connectivity index (χ0n) is 36.9. The number of benzene rings is 2. The molecule has 0 radical (unpaired) electrons. The molecule has 1 aliphatic heterocycles. The Bertz CT molecular complexity index is 2400. The van der Waals surface area contributed by atoms with E-state index >= 15 is 0 Å². The molecular weight excluding hydrogens is 829 g/mol. The SMILES string of the molecule is CCCCC/C=C\C1C[C@@H]1C(=O)NS(=O)(=O)C1(C)CC1.COc1ccc2c(=O)cc(-c3nc(C(C)C)cs3)[nH]c2c1C.COc1cccc(NCC(=O)N2CCCC2C(N)=O)c1. The van der Waals surface area contributed by atoms with E-state index in [0.717, 1.165) is 63.9 Å². The number of unbranched alkanes of at least 4 members (excludes halogenated alkanes) is 3. The molecule has 7 rings (SSSR count). The number of anilines is 1. The first kappa shape index (κ1) is 47.8. The third-order valence-electron chi connectivity index (χ3n) is 11.6. The molecule has 2 aromatic carbocycles. The molecule has 62 heavy (non-hydrogen) atoms. The van der Waals surface area contributed by atoms with Gasteiger partial charge in [-0.3, -0.25) is 23.9 Å². The first-order valence-corrected chi connectivity index (χ1v) is 23.7. The maximum absolute atomic E-state index is 12.4. The Morgan fingerprint density at radius 1 is 1.11 bits per heavy atom. The number of carbonyl (C=O) groups is 3. The number of carbonyl (C=O) groups excluding carboxylic acids is 3. The standard InChI is InChI=1S/C17H18N2O2S.C15H25NO3S.C14H19N3O3/c1-9(2)13-8-22-17(19-13)12-7-14(20)11-5-6-15(21-4)10(3)16(11)18-12;1-3-4-5-6-7-8-12-11-13(12)14(17)16-20(18,19)15(2)9-10-15;1-20-11-5-2-4-10(8-11)16-9-13(18)17-7-3-6-12(17)14(15)19/h5-9H,1-4H3,(H,18,20);7-8,12-13H,3-6,9-11H2,1-2H3,(H,16,17);2,4-5,8,12,16H,3,6-7,9H2,1H3,(H2,15,19)/b;8-7-;/t;12?,13-;/m.0./s1. The van der Waals surface area contributed by atoms with Crippen LogP contribution in [-0.4, -0.2) is 79.1 Å². The van der Waals surface area contributed by atoms with Gasteiger partial charge in [0, 0.05) is 46.6 Å². The molecule has 16 heteroatoms. The number of H-pyrrole nitrogens is 1. The first-order chi connectivity index (χ1) is 29.5. The lowest BCUT2D eigenvalue weighted by atomic mass is 10.1. The van der Waals surface area contributed by atoms with E-state index in [2.05, 4.69) is 52.9 Å². The lowest BCUT2D eigenvalue weighted by Crippen LogP contribution is -2.45. The highest BCUT2D eigenvalue weighted by atomic mass is 32.2. The van der Waals surface area contributed by atoms with E-state index in [1.54, 1.807) is 49.5 Å². The maximum Gasteiger partial charge on any atom is 0.242 e. The van der Waals surface area contributed by atoms with Gasteiger partial charge >= 0.3 is 0 Å². The van der Waals surface area contributed by atoms with E-state index in [1.807, 2.05) is 42.6 Å². The highest BCUT2D eigenvalue weighted by Crippen LogP contribution is 2.44. The van der Waals surface area contributed by atoms with Crippen LogP contribution in [-0.2, 0) is 24.4 Å². The van der Waals surface area contributed by atoms with Crippen LogP contribution in [0.2, 0.25) is 0 Å². The highest BCUT2D eigenvalue weighted by Gasteiger charge is 2.52.